The topological polar surface area (TPSA) is 69.6 Å². The van der Waals surface area contributed by atoms with Crippen molar-refractivity contribution in [1.82, 2.24) is 4.90 Å². The van der Waals surface area contributed by atoms with Gasteiger partial charge in [0.05, 0.1) is 11.6 Å². The molecule has 0 heterocycles. The number of carbonyl (C=O) groups is 2. The van der Waals surface area contributed by atoms with Crippen LogP contribution in [0.15, 0.2) is 23.1 Å². The molecule has 0 spiro atoms. The van der Waals surface area contributed by atoms with Crippen LogP contribution in [0.2, 0.25) is 5.02 Å². The summed E-state index contributed by atoms with van der Waals surface area (Å²) < 4.78 is 0. The first-order chi connectivity index (χ1) is 9.35. The van der Waals surface area contributed by atoms with Crippen LogP contribution in [0.1, 0.15) is 6.92 Å². The number of carbonyl (C=O) groups excluding carboxylic acids is 1. The monoisotopic (exact) mass is 316 g/mol. The molecule has 0 fully saturated rings. The molecule has 0 aromatic heterocycles. The predicted octanol–water partition coefficient (Wildman–Crippen LogP) is 3.25. The van der Waals surface area contributed by atoms with Crippen molar-refractivity contribution in [2.75, 3.05) is 25.2 Å². The number of nitrogens with zero attached hydrogens (tertiary/aromatic N) is 1. The minimum Gasteiger partial charge on any atom is -0.481 e. The Balaban J connectivity index is 2.75. The zero-order chi connectivity index (χ0) is 15.3. The molecule has 1 rings (SSSR count). The number of rotatable bonds is 5. The number of nitrogens with one attached hydrogen (secondary N) is 1. The van der Waals surface area contributed by atoms with E-state index in [1.807, 2.05) is 12.3 Å². The van der Waals surface area contributed by atoms with Crippen LogP contribution >= 0.6 is 23.4 Å². The average Bonchev–Trinajstić information content (AvgIpc) is 2.38. The molecule has 1 atom stereocenters. The highest BCUT2D eigenvalue weighted by atomic mass is 35.5. The maximum Gasteiger partial charge on any atom is 0.321 e. The smallest absolute Gasteiger partial charge is 0.321 e. The van der Waals surface area contributed by atoms with Gasteiger partial charge in [-0.05, 0) is 24.5 Å². The molecule has 2 amide bonds. The third kappa shape index (κ3) is 4.61. The van der Waals surface area contributed by atoms with E-state index < -0.39 is 11.9 Å². The number of carboxylic acids is 1. The Labute approximate surface area is 127 Å². The molecule has 0 radical (unpaired) electrons. The van der Waals surface area contributed by atoms with Crippen LogP contribution in [-0.4, -0.2) is 41.9 Å². The van der Waals surface area contributed by atoms with E-state index in [0.29, 0.717) is 10.7 Å². The molecule has 0 aliphatic rings. The van der Waals surface area contributed by atoms with Gasteiger partial charge < -0.3 is 15.3 Å². The Morgan fingerprint density at radius 2 is 2.15 bits per heavy atom. The zero-order valence-corrected chi connectivity index (χ0v) is 13.1. The van der Waals surface area contributed by atoms with Crippen LogP contribution in [0.25, 0.3) is 0 Å². The molecule has 5 nitrogen and oxygen atoms in total. The lowest BCUT2D eigenvalue weighted by atomic mass is 10.2. The summed E-state index contributed by atoms with van der Waals surface area (Å²) >= 11 is 7.40. The van der Waals surface area contributed by atoms with Gasteiger partial charge in [0, 0.05) is 23.5 Å². The van der Waals surface area contributed by atoms with Crippen LogP contribution in [0.4, 0.5) is 10.5 Å². The normalized spacial score (nSPS) is 11.8. The van der Waals surface area contributed by atoms with E-state index in [1.54, 1.807) is 26.1 Å². The molecule has 0 saturated heterocycles. The molecule has 1 unspecified atom stereocenters. The molecule has 1 aromatic rings. The summed E-state index contributed by atoms with van der Waals surface area (Å²) in [4.78, 5) is 25.0. The van der Waals surface area contributed by atoms with Gasteiger partial charge >= 0.3 is 12.0 Å². The van der Waals surface area contributed by atoms with Gasteiger partial charge in [-0.1, -0.05) is 18.5 Å². The largest absolute Gasteiger partial charge is 0.481 e. The van der Waals surface area contributed by atoms with Gasteiger partial charge in [-0.3, -0.25) is 4.79 Å². The Morgan fingerprint density at radius 3 is 2.70 bits per heavy atom. The first kappa shape index (κ1) is 16.7. The van der Waals surface area contributed by atoms with Gasteiger partial charge in [-0.2, -0.15) is 0 Å². The Kier molecular flexibility index (Phi) is 6.16. The number of thioether (sulfide) groups is 1. The number of hydrogen-bond acceptors (Lipinski definition) is 3. The quantitative estimate of drug-likeness (QED) is 0.818. The summed E-state index contributed by atoms with van der Waals surface area (Å²) in [6, 6.07) is 4.87. The number of carboxylic acid groups (broad SMARTS) is 1. The van der Waals surface area contributed by atoms with E-state index >= 15 is 0 Å². The van der Waals surface area contributed by atoms with E-state index in [-0.39, 0.29) is 12.6 Å². The summed E-state index contributed by atoms with van der Waals surface area (Å²) in [5, 5.41) is 12.1. The highest BCUT2D eigenvalue weighted by Gasteiger charge is 2.18. The Bertz CT molecular complexity index is 510. The number of benzene rings is 1. The lowest BCUT2D eigenvalue weighted by Gasteiger charge is -2.20. The third-order valence-electron chi connectivity index (χ3n) is 2.72. The second kappa shape index (κ2) is 7.40. The SMILES string of the molecule is CSc1ccc(Cl)cc1NC(=O)N(C)CC(C)C(=O)O. The van der Waals surface area contributed by atoms with Gasteiger partial charge in [0.1, 0.15) is 0 Å². The molecule has 1 aromatic carbocycles. The summed E-state index contributed by atoms with van der Waals surface area (Å²) in [6.45, 7) is 1.69. The van der Waals surface area contributed by atoms with Crippen LogP contribution in [-0.2, 0) is 4.79 Å². The van der Waals surface area contributed by atoms with Crippen molar-refractivity contribution in [3.63, 3.8) is 0 Å². The maximum absolute atomic E-state index is 12.0. The van der Waals surface area contributed by atoms with E-state index in [9.17, 15) is 9.59 Å². The molecule has 110 valence electrons. The molecule has 0 aliphatic heterocycles. The van der Waals surface area contributed by atoms with Crippen LogP contribution in [0, 0.1) is 5.92 Å². The predicted molar refractivity (Wildman–Crippen MR) is 81.7 cm³/mol. The highest BCUT2D eigenvalue weighted by Crippen LogP contribution is 2.28. The van der Waals surface area contributed by atoms with Crippen LogP contribution < -0.4 is 5.32 Å². The highest BCUT2D eigenvalue weighted by molar-refractivity contribution is 7.98. The lowest BCUT2D eigenvalue weighted by molar-refractivity contribution is -0.141. The number of aliphatic carboxylic acids is 1. The van der Waals surface area contributed by atoms with E-state index in [2.05, 4.69) is 5.32 Å². The first-order valence-electron chi connectivity index (χ1n) is 5.93. The fraction of sp³-hybridized carbons (Fsp3) is 0.385. The van der Waals surface area contributed by atoms with Crippen molar-refractivity contribution in [3.8, 4) is 0 Å². The molecular weight excluding hydrogens is 300 g/mol. The van der Waals surface area contributed by atoms with E-state index in [4.69, 9.17) is 16.7 Å². The Hall–Kier alpha value is -1.40. The summed E-state index contributed by atoms with van der Waals surface area (Å²) in [5.74, 6) is -1.55. The minimum absolute atomic E-state index is 0.135. The number of halogens is 1. The molecule has 2 N–H and O–H groups in total. The van der Waals surface area contributed by atoms with Crippen molar-refractivity contribution in [1.29, 1.82) is 0 Å². The van der Waals surface area contributed by atoms with E-state index in [1.165, 1.54) is 16.7 Å². The van der Waals surface area contributed by atoms with Crippen molar-refractivity contribution in [2.45, 2.75) is 11.8 Å². The van der Waals surface area contributed by atoms with Crippen molar-refractivity contribution in [3.05, 3.63) is 23.2 Å². The number of urea groups is 1. The first-order valence-corrected chi connectivity index (χ1v) is 7.54. The Morgan fingerprint density at radius 1 is 1.50 bits per heavy atom. The van der Waals surface area contributed by atoms with Gasteiger partial charge in [0.2, 0.25) is 0 Å². The second-order valence-corrected chi connectivity index (χ2v) is 5.68. The summed E-state index contributed by atoms with van der Waals surface area (Å²) in [7, 11) is 1.55. The van der Waals surface area contributed by atoms with E-state index in [0.717, 1.165) is 4.90 Å². The van der Waals surface area contributed by atoms with Crippen LogP contribution in [0.3, 0.4) is 0 Å². The summed E-state index contributed by atoms with van der Waals surface area (Å²) in [6.07, 6.45) is 1.90. The molecule has 0 saturated carbocycles. The average molecular weight is 317 g/mol. The molecular formula is C13H17ClN2O3S. The molecule has 0 aliphatic carbocycles. The van der Waals surface area contributed by atoms with Gasteiger partial charge in [-0.25, -0.2) is 4.79 Å². The number of hydrogen-bond donors (Lipinski definition) is 2. The molecule has 20 heavy (non-hydrogen) atoms. The second-order valence-electron chi connectivity index (χ2n) is 4.39. The molecule has 0 bridgehead atoms. The number of amides is 2. The fourth-order valence-corrected chi connectivity index (χ4v) is 2.27. The summed E-state index contributed by atoms with van der Waals surface area (Å²) in [5.41, 5.74) is 0.616. The van der Waals surface area contributed by atoms with Crippen molar-refractivity contribution >= 4 is 41.1 Å². The van der Waals surface area contributed by atoms with Crippen molar-refractivity contribution in [2.24, 2.45) is 5.92 Å². The van der Waals surface area contributed by atoms with Gasteiger partial charge in [0.15, 0.2) is 0 Å². The zero-order valence-electron chi connectivity index (χ0n) is 11.5. The fourth-order valence-electron chi connectivity index (χ4n) is 1.56. The van der Waals surface area contributed by atoms with Crippen LogP contribution in [0.5, 0.6) is 0 Å². The van der Waals surface area contributed by atoms with Gasteiger partial charge in [0.25, 0.3) is 0 Å². The third-order valence-corrected chi connectivity index (χ3v) is 3.75. The van der Waals surface area contributed by atoms with Gasteiger partial charge in [-0.15, -0.1) is 11.8 Å². The maximum atomic E-state index is 12.0. The van der Waals surface area contributed by atoms with Crippen molar-refractivity contribution < 1.29 is 14.7 Å². The number of anilines is 1. The lowest BCUT2D eigenvalue weighted by Crippen LogP contribution is -2.36. The minimum atomic E-state index is -0.933. The molecule has 7 heteroatoms. The standard InChI is InChI=1S/C13H17ClN2O3S/c1-8(12(17)18)7-16(2)13(19)15-10-6-9(14)4-5-11(10)20-3/h4-6,8H,7H2,1-3H3,(H,15,19)(H,17,18).